The summed E-state index contributed by atoms with van der Waals surface area (Å²) in [7, 11) is 0. The van der Waals surface area contributed by atoms with Crippen LogP contribution >= 0.6 is 0 Å². The number of guanidine groups is 1. The fourth-order valence-corrected chi connectivity index (χ4v) is 1.90. The first-order valence-electron chi connectivity index (χ1n) is 7.33. The first kappa shape index (κ1) is 19.1. The Labute approximate surface area is 134 Å². The summed E-state index contributed by atoms with van der Waals surface area (Å²) in [4.78, 5) is 3.99. The molecule has 4 nitrogen and oxygen atoms in total. The minimum absolute atomic E-state index is 0.0484. The summed E-state index contributed by atoms with van der Waals surface area (Å²) in [6, 6.07) is 3.88. The van der Waals surface area contributed by atoms with Crippen LogP contribution in [0.5, 0.6) is 5.75 Å². The predicted molar refractivity (Wildman–Crippen MR) is 85.4 cm³/mol. The van der Waals surface area contributed by atoms with Crippen molar-refractivity contribution in [2.75, 3.05) is 0 Å². The summed E-state index contributed by atoms with van der Waals surface area (Å²) in [6.07, 6.45) is -4.68. The van der Waals surface area contributed by atoms with E-state index in [-0.39, 0.29) is 35.5 Å². The van der Waals surface area contributed by atoms with Gasteiger partial charge < -0.3 is 15.8 Å². The van der Waals surface area contributed by atoms with Crippen LogP contribution in [0.4, 0.5) is 13.2 Å². The number of hydrogen-bond acceptors (Lipinski definition) is 2. The minimum atomic E-state index is -4.48. The van der Waals surface area contributed by atoms with Crippen LogP contribution in [-0.2, 0) is 12.7 Å². The Balaban J connectivity index is 3.04. The zero-order valence-electron chi connectivity index (χ0n) is 14.1. The van der Waals surface area contributed by atoms with Gasteiger partial charge in [-0.1, -0.05) is 6.07 Å². The lowest BCUT2D eigenvalue weighted by atomic mass is 10.1. The lowest BCUT2D eigenvalue weighted by Crippen LogP contribution is -2.45. The second-order valence-corrected chi connectivity index (χ2v) is 6.56. The van der Waals surface area contributed by atoms with Gasteiger partial charge in [-0.2, -0.15) is 13.2 Å². The molecule has 0 unspecified atom stereocenters. The number of halogens is 3. The van der Waals surface area contributed by atoms with Crippen molar-refractivity contribution in [3.8, 4) is 5.75 Å². The first-order chi connectivity index (χ1) is 10.4. The Morgan fingerprint density at radius 3 is 2.35 bits per heavy atom. The molecule has 0 bridgehead atoms. The zero-order chi connectivity index (χ0) is 17.8. The molecular weight excluding hydrogens is 307 g/mol. The van der Waals surface area contributed by atoms with Crippen molar-refractivity contribution < 1.29 is 17.9 Å². The van der Waals surface area contributed by atoms with E-state index in [1.165, 1.54) is 12.1 Å². The van der Waals surface area contributed by atoms with E-state index in [0.29, 0.717) is 0 Å². The van der Waals surface area contributed by atoms with Crippen LogP contribution in [0.3, 0.4) is 0 Å². The third kappa shape index (κ3) is 6.80. The quantitative estimate of drug-likeness (QED) is 0.653. The van der Waals surface area contributed by atoms with E-state index < -0.39 is 11.7 Å². The van der Waals surface area contributed by atoms with Gasteiger partial charge in [0.1, 0.15) is 5.75 Å². The van der Waals surface area contributed by atoms with Crippen molar-refractivity contribution in [1.82, 2.24) is 5.32 Å². The number of ether oxygens (including phenoxy) is 1. The smallest absolute Gasteiger partial charge is 0.416 e. The normalized spacial score (nSPS) is 13.3. The van der Waals surface area contributed by atoms with Crippen LogP contribution in [0.2, 0.25) is 0 Å². The molecule has 0 aliphatic rings. The Kier molecular flexibility index (Phi) is 5.91. The maximum absolute atomic E-state index is 13.2. The fourth-order valence-electron chi connectivity index (χ4n) is 1.90. The van der Waals surface area contributed by atoms with Gasteiger partial charge in [-0.05, 0) is 52.3 Å². The van der Waals surface area contributed by atoms with Gasteiger partial charge in [0, 0.05) is 5.54 Å². The minimum Gasteiger partial charge on any atom is -0.491 e. The molecule has 0 fully saturated rings. The summed E-state index contributed by atoms with van der Waals surface area (Å²) in [5.41, 5.74) is 4.67. The van der Waals surface area contributed by atoms with Gasteiger partial charge in [-0.25, -0.2) is 4.99 Å². The highest BCUT2D eigenvalue weighted by Gasteiger charge is 2.33. The van der Waals surface area contributed by atoms with Crippen molar-refractivity contribution in [2.45, 2.75) is 59.0 Å². The molecule has 0 aromatic heterocycles. The second-order valence-electron chi connectivity index (χ2n) is 6.56. The van der Waals surface area contributed by atoms with Gasteiger partial charge in [-0.15, -0.1) is 0 Å². The van der Waals surface area contributed by atoms with E-state index in [0.717, 1.165) is 6.07 Å². The van der Waals surface area contributed by atoms with Crippen LogP contribution in [0.1, 0.15) is 45.7 Å². The van der Waals surface area contributed by atoms with Crippen molar-refractivity contribution >= 4 is 5.96 Å². The molecule has 23 heavy (non-hydrogen) atoms. The lowest BCUT2D eigenvalue weighted by Gasteiger charge is -2.21. The van der Waals surface area contributed by atoms with Gasteiger partial charge in [0.15, 0.2) is 5.96 Å². The number of rotatable bonds is 4. The standard InChI is InChI=1S/C16H24F3N3O/c1-10(2)23-12-7-6-11(13(8-12)16(17,18)19)9-21-14(20)22-15(3,4)5/h6-8,10H,9H2,1-5H3,(H3,20,21,22). The molecule has 0 saturated carbocycles. The Hall–Kier alpha value is -1.92. The van der Waals surface area contributed by atoms with Crippen LogP contribution < -0.4 is 15.8 Å². The van der Waals surface area contributed by atoms with Crippen molar-refractivity contribution in [1.29, 1.82) is 0 Å². The molecule has 3 N–H and O–H groups in total. The first-order valence-corrected chi connectivity index (χ1v) is 7.33. The summed E-state index contributed by atoms with van der Waals surface area (Å²) >= 11 is 0. The molecule has 0 aliphatic heterocycles. The molecule has 0 amide bonds. The monoisotopic (exact) mass is 331 g/mol. The zero-order valence-corrected chi connectivity index (χ0v) is 14.1. The fraction of sp³-hybridized carbons (Fsp3) is 0.562. The number of hydrogen-bond donors (Lipinski definition) is 2. The maximum Gasteiger partial charge on any atom is 0.416 e. The van der Waals surface area contributed by atoms with Gasteiger partial charge in [-0.3, -0.25) is 0 Å². The van der Waals surface area contributed by atoms with Gasteiger partial charge >= 0.3 is 6.18 Å². The van der Waals surface area contributed by atoms with Gasteiger partial charge in [0.05, 0.1) is 18.2 Å². The molecule has 0 spiro atoms. The molecule has 0 aliphatic carbocycles. The highest BCUT2D eigenvalue weighted by Crippen LogP contribution is 2.35. The largest absolute Gasteiger partial charge is 0.491 e. The molecular formula is C16H24F3N3O. The van der Waals surface area contributed by atoms with E-state index in [1.54, 1.807) is 13.8 Å². The third-order valence-corrected chi connectivity index (χ3v) is 2.68. The Morgan fingerprint density at radius 1 is 1.26 bits per heavy atom. The number of benzene rings is 1. The number of nitrogens with zero attached hydrogens (tertiary/aromatic N) is 1. The van der Waals surface area contributed by atoms with E-state index in [4.69, 9.17) is 10.5 Å². The summed E-state index contributed by atoms with van der Waals surface area (Å²) in [6.45, 7) is 9.00. The maximum atomic E-state index is 13.2. The van der Waals surface area contributed by atoms with Gasteiger partial charge in [0.2, 0.25) is 0 Å². The Morgan fingerprint density at radius 2 is 1.87 bits per heavy atom. The van der Waals surface area contributed by atoms with Crippen LogP contribution in [0.25, 0.3) is 0 Å². The molecule has 0 atom stereocenters. The highest BCUT2D eigenvalue weighted by atomic mass is 19.4. The van der Waals surface area contributed by atoms with Gasteiger partial charge in [0.25, 0.3) is 0 Å². The summed E-state index contributed by atoms with van der Waals surface area (Å²) in [5.74, 6) is 0.286. The molecule has 7 heteroatoms. The Bertz CT molecular complexity index is 561. The summed E-state index contributed by atoms with van der Waals surface area (Å²) < 4.78 is 45.0. The lowest BCUT2D eigenvalue weighted by molar-refractivity contribution is -0.138. The molecule has 130 valence electrons. The molecule has 1 rings (SSSR count). The van der Waals surface area contributed by atoms with E-state index in [9.17, 15) is 13.2 Å². The van der Waals surface area contributed by atoms with Crippen LogP contribution in [0.15, 0.2) is 23.2 Å². The summed E-state index contributed by atoms with van der Waals surface area (Å²) in [5, 5.41) is 2.91. The molecule has 0 saturated heterocycles. The third-order valence-electron chi connectivity index (χ3n) is 2.68. The highest BCUT2D eigenvalue weighted by molar-refractivity contribution is 5.78. The van der Waals surface area contributed by atoms with Crippen LogP contribution in [-0.4, -0.2) is 17.6 Å². The van der Waals surface area contributed by atoms with E-state index in [1.807, 2.05) is 20.8 Å². The molecule has 1 aromatic rings. The number of alkyl halides is 3. The van der Waals surface area contributed by atoms with Crippen molar-refractivity contribution in [2.24, 2.45) is 10.7 Å². The average molecular weight is 331 g/mol. The van der Waals surface area contributed by atoms with Crippen molar-refractivity contribution in [3.05, 3.63) is 29.3 Å². The average Bonchev–Trinajstić information content (AvgIpc) is 2.33. The number of nitrogens with two attached hydrogens (primary N) is 1. The van der Waals surface area contributed by atoms with E-state index >= 15 is 0 Å². The van der Waals surface area contributed by atoms with Crippen LogP contribution in [0, 0.1) is 0 Å². The number of nitrogens with one attached hydrogen (secondary N) is 1. The SMILES string of the molecule is CC(C)Oc1ccc(CN=C(N)NC(C)(C)C)c(C(F)(F)F)c1. The molecule has 0 heterocycles. The topological polar surface area (TPSA) is 59.6 Å². The van der Waals surface area contributed by atoms with Crippen molar-refractivity contribution in [3.63, 3.8) is 0 Å². The predicted octanol–water partition coefficient (Wildman–Crippen LogP) is 3.70. The molecule has 1 aromatic carbocycles. The molecule has 0 radical (unpaired) electrons. The van der Waals surface area contributed by atoms with E-state index in [2.05, 4.69) is 10.3 Å². The number of aliphatic imine (C=N–C) groups is 1. The second kappa shape index (κ2) is 7.10.